The van der Waals surface area contributed by atoms with Crippen LogP contribution in [-0.4, -0.2) is 29.3 Å². The van der Waals surface area contributed by atoms with E-state index in [9.17, 15) is 9.59 Å². The van der Waals surface area contributed by atoms with E-state index in [1.807, 2.05) is 64.1 Å². The van der Waals surface area contributed by atoms with Crippen molar-refractivity contribution in [2.24, 2.45) is 0 Å². The third-order valence-electron chi connectivity index (χ3n) is 4.78. The van der Waals surface area contributed by atoms with Crippen LogP contribution in [0.1, 0.15) is 42.5 Å². The molecule has 144 valence electrons. The molecule has 0 aliphatic carbocycles. The smallest absolute Gasteiger partial charge is 0.242 e. The summed E-state index contributed by atoms with van der Waals surface area (Å²) in [7, 11) is 0. The number of rotatable bonds is 8. The first-order chi connectivity index (χ1) is 13.0. The zero-order chi connectivity index (χ0) is 19.8. The maximum Gasteiger partial charge on any atom is 0.242 e. The number of hydrogen-bond acceptors (Lipinski definition) is 2. The third-order valence-corrected chi connectivity index (χ3v) is 4.78. The van der Waals surface area contributed by atoms with Crippen molar-refractivity contribution in [1.82, 2.24) is 10.2 Å². The Bertz CT molecular complexity index is 771. The first-order valence-electron chi connectivity index (χ1n) is 9.63. The lowest BCUT2D eigenvalue weighted by atomic mass is 10.0. The van der Waals surface area contributed by atoms with Crippen LogP contribution in [0.5, 0.6) is 0 Å². The van der Waals surface area contributed by atoms with E-state index >= 15 is 0 Å². The van der Waals surface area contributed by atoms with Crippen LogP contribution in [0.2, 0.25) is 0 Å². The molecule has 2 rings (SSSR count). The molecule has 0 radical (unpaired) electrons. The van der Waals surface area contributed by atoms with Gasteiger partial charge in [0.05, 0.1) is 6.42 Å². The summed E-state index contributed by atoms with van der Waals surface area (Å²) in [5.41, 5.74) is 4.27. The Morgan fingerprint density at radius 1 is 1.04 bits per heavy atom. The highest BCUT2D eigenvalue weighted by atomic mass is 16.2. The van der Waals surface area contributed by atoms with Crippen molar-refractivity contribution in [3.05, 3.63) is 70.8 Å². The fourth-order valence-corrected chi connectivity index (χ4v) is 3.25. The highest BCUT2D eigenvalue weighted by Crippen LogP contribution is 2.17. The number of carbonyl (C=O) groups is 2. The fraction of sp³-hybridized carbons (Fsp3) is 0.391. The summed E-state index contributed by atoms with van der Waals surface area (Å²) < 4.78 is 0. The van der Waals surface area contributed by atoms with Crippen molar-refractivity contribution in [1.29, 1.82) is 0 Å². The average molecular weight is 367 g/mol. The van der Waals surface area contributed by atoms with E-state index < -0.39 is 6.04 Å². The molecule has 0 heterocycles. The summed E-state index contributed by atoms with van der Waals surface area (Å²) in [6.45, 7) is 8.87. The molecule has 2 aromatic rings. The number of nitrogens with zero attached hydrogens (tertiary/aromatic N) is 1. The molecule has 0 saturated carbocycles. The van der Waals surface area contributed by atoms with Crippen LogP contribution in [0, 0.1) is 13.8 Å². The van der Waals surface area contributed by atoms with Gasteiger partial charge in [-0.05, 0) is 43.9 Å². The second-order valence-corrected chi connectivity index (χ2v) is 6.93. The Morgan fingerprint density at radius 2 is 1.74 bits per heavy atom. The van der Waals surface area contributed by atoms with E-state index in [2.05, 4.69) is 17.4 Å². The minimum atomic E-state index is -0.470. The number of likely N-dealkylation sites (N-methyl/N-ethyl adjacent to an activating group) is 1. The number of carbonyl (C=O) groups excluding carboxylic acids is 2. The lowest BCUT2D eigenvalue weighted by Crippen LogP contribution is -2.49. The standard InChI is InChI=1S/C23H30N2O2/c1-5-21(23(27)24-6-2)25(16-19-10-8-7-9-11-19)22(26)15-20-14-17(3)12-13-18(20)4/h7-14,21H,5-6,15-16H2,1-4H3,(H,24,27). The molecule has 1 N–H and O–H groups in total. The molecule has 27 heavy (non-hydrogen) atoms. The van der Waals surface area contributed by atoms with Crippen LogP contribution in [-0.2, 0) is 22.6 Å². The van der Waals surface area contributed by atoms with E-state index in [0.29, 0.717) is 25.9 Å². The number of benzene rings is 2. The van der Waals surface area contributed by atoms with Crippen molar-refractivity contribution < 1.29 is 9.59 Å². The molecule has 0 aliphatic rings. The summed E-state index contributed by atoms with van der Waals surface area (Å²) in [6, 6.07) is 15.5. The summed E-state index contributed by atoms with van der Waals surface area (Å²) in [4.78, 5) is 27.5. The molecule has 1 unspecified atom stereocenters. The van der Waals surface area contributed by atoms with E-state index in [-0.39, 0.29) is 11.8 Å². The lowest BCUT2D eigenvalue weighted by molar-refractivity contribution is -0.140. The van der Waals surface area contributed by atoms with Crippen LogP contribution >= 0.6 is 0 Å². The Labute approximate surface area is 162 Å². The molecule has 4 nitrogen and oxygen atoms in total. The second kappa shape index (κ2) is 9.91. The summed E-state index contributed by atoms with van der Waals surface area (Å²) in [5.74, 6) is -0.115. The molecule has 0 fully saturated rings. The highest BCUT2D eigenvalue weighted by molar-refractivity contribution is 5.88. The third kappa shape index (κ3) is 5.68. The molecule has 0 spiro atoms. The van der Waals surface area contributed by atoms with Gasteiger partial charge in [-0.2, -0.15) is 0 Å². The monoisotopic (exact) mass is 366 g/mol. The molecule has 0 aromatic heterocycles. The maximum atomic E-state index is 13.2. The molecule has 0 bridgehead atoms. The maximum absolute atomic E-state index is 13.2. The van der Waals surface area contributed by atoms with Crippen molar-refractivity contribution in [3.8, 4) is 0 Å². The van der Waals surface area contributed by atoms with Gasteiger partial charge >= 0.3 is 0 Å². The van der Waals surface area contributed by atoms with Crippen LogP contribution < -0.4 is 5.32 Å². The zero-order valence-electron chi connectivity index (χ0n) is 16.8. The Morgan fingerprint density at radius 3 is 2.37 bits per heavy atom. The van der Waals surface area contributed by atoms with Gasteiger partial charge in [-0.25, -0.2) is 0 Å². The number of nitrogens with one attached hydrogen (secondary N) is 1. The quantitative estimate of drug-likeness (QED) is 0.773. The SMILES string of the molecule is CCNC(=O)C(CC)N(Cc1ccccc1)C(=O)Cc1cc(C)ccc1C. The number of amides is 2. The summed E-state index contributed by atoms with van der Waals surface area (Å²) in [5, 5.41) is 2.87. The first-order valence-corrected chi connectivity index (χ1v) is 9.63. The molecule has 4 heteroatoms. The van der Waals surface area contributed by atoms with Crippen molar-refractivity contribution >= 4 is 11.8 Å². The van der Waals surface area contributed by atoms with E-state index in [4.69, 9.17) is 0 Å². The van der Waals surface area contributed by atoms with Crippen LogP contribution in [0.4, 0.5) is 0 Å². The molecular formula is C23H30N2O2. The minimum Gasteiger partial charge on any atom is -0.355 e. The van der Waals surface area contributed by atoms with Crippen molar-refractivity contribution in [3.63, 3.8) is 0 Å². The van der Waals surface area contributed by atoms with Gasteiger partial charge in [0.15, 0.2) is 0 Å². The summed E-state index contributed by atoms with van der Waals surface area (Å²) in [6.07, 6.45) is 0.882. The molecule has 1 atom stereocenters. The Hall–Kier alpha value is -2.62. The number of aryl methyl sites for hydroxylation is 2. The molecule has 2 amide bonds. The highest BCUT2D eigenvalue weighted by Gasteiger charge is 2.28. The predicted molar refractivity (Wildman–Crippen MR) is 109 cm³/mol. The van der Waals surface area contributed by atoms with Crippen LogP contribution in [0.3, 0.4) is 0 Å². The Kier molecular flexibility index (Phi) is 7.59. The van der Waals surface area contributed by atoms with Crippen molar-refractivity contribution in [2.45, 2.75) is 53.1 Å². The normalized spacial score (nSPS) is 11.7. The predicted octanol–water partition coefficient (Wildman–Crippen LogP) is 3.79. The minimum absolute atomic E-state index is 0.0225. The summed E-state index contributed by atoms with van der Waals surface area (Å²) >= 11 is 0. The van der Waals surface area contributed by atoms with Gasteiger partial charge in [-0.1, -0.05) is 61.0 Å². The molecule has 0 saturated heterocycles. The molecule has 0 aliphatic heterocycles. The fourth-order valence-electron chi connectivity index (χ4n) is 3.25. The van der Waals surface area contributed by atoms with Gasteiger partial charge in [0.25, 0.3) is 0 Å². The zero-order valence-corrected chi connectivity index (χ0v) is 16.8. The van der Waals surface area contributed by atoms with Gasteiger partial charge in [-0.15, -0.1) is 0 Å². The van der Waals surface area contributed by atoms with Gasteiger partial charge < -0.3 is 10.2 Å². The van der Waals surface area contributed by atoms with Gasteiger partial charge in [0, 0.05) is 13.1 Å². The largest absolute Gasteiger partial charge is 0.355 e. The van der Waals surface area contributed by atoms with Crippen LogP contribution in [0.15, 0.2) is 48.5 Å². The van der Waals surface area contributed by atoms with E-state index in [0.717, 1.165) is 22.3 Å². The molecular weight excluding hydrogens is 336 g/mol. The van der Waals surface area contributed by atoms with E-state index in [1.54, 1.807) is 4.90 Å². The average Bonchev–Trinajstić information content (AvgIpc) is 2.65. The first kappa shape index (κ1) is 20.7. The second-order valence-electron chi connectivity index (χ2n) is 6.93. The van der Waals surface area contributed by atoms with Crippen LogP contribution in [0.25, 0.3) is 0 Å². The number of hydrogen-bond donors (Lipinski definition) is 1. The lowest BCUT2D eigenvalue weighted by Gasteiger charge is -2.31. The Balaban J connectivity index is 2.30. The van der Waals surface area contributed by atoms with Gasteiger partial charge in [0.1, 0.15) is 6.04 Å². The molecule has 2 aromatic carbocycles. The van der Waals surface area contributed by atoms with Gasteiger partial charge in [0.2, 0.25) is 11.8 Å². The topological polar surface area (TPSA) is 49.4 Å². The van der Waals surface area contributed by atoms with Crippen molar-refractivity contribution in [2.75, 3.05) is 6.54 Å². The van der Waals surface area contributed by atoms with Gasteiger partial charge in [-0.3, -0.25) is 9.59 Å². The van der Waals surface area contributed by atoms with E-state index in [1.165, 1.54) is 0 Å².